The maximum absolute atomic E-state index is 12.6. The highest BCUT2D eigenvalue weighted by atomic mass is 32.3. The molecular formula is C23H42N4O4S. The number of likely N-dealkylation sites (tertiary alicyclic amines) is 1. The van der Waals surface area contributed by atoms with Crippen molar-refractivity contribution in [2.45, 2.75) is 77.3 Å². The van der Waals surface area contributed by atoms with Gasteiger partial charge in [0.2, 0.25) is 0 Å². The van der Waals surface area contributed by atoms with E-state index in [4.69, 9.17) is 4.52 Å². The van der Waals surface area contributed by atoms with Gasteiger partial charge < -0.3 is 14.7 Å². The number of hydrogen-bond donors (Lipinski definition) is 3. The van der Waals surface area contributed by atoms with E-state index in [0.29, 0.717) is 48.6 Å². The van der Waals surface area contributed by atoms with Gasteiger partial charge in [-0.15, -0.1) is 10.8 Å². The molecule has 0 radical (unpaired) electrons. The fraction of sp³-hybridized carbons (Fsp3) is 0.826. The van der Waals surface area contributed by atoms with Gasteiger partial charge in [-0.2, -0.15) is 0 Å². The summed E-state index contributed by atoms with van der Waals surface area (Å²) in [6.07, 6.45) is 5.67. The van der Waals surface area contributed by atoms with E-state index in [-0.39, 0.29) is 19.4 Å². The summed E-state index contributed by atoms with van der Waals surface area (Å²) >= 11 is 0. The van der Waals surface area contributed by atoms with E-state index in [1.807, 2.05) is 11.2 Å². The standard InChI is InChI=1S/C23H40N4O4S.H2/c1-16(2)14-26-9-6-18(7-10-26)15-32(29,30)27-11-8-20(12-17(27)3)24-23(28)21-13-22(31-25-21)19-4-5-19;/h13,16-20,29-30H,4-12,14-15H2,1-3H3,(H,24,28);1H/t17-,20-;/m1./s1. The van der Waals surface area contributed by atoms with E-state index in [1.54, 1.807) is 6.07 Å². The first-order chi connectivity index (χ1) is 15.2. The molecule has 2 atom stereocenters. The molecule has 1 amide bonds. The van der Waals surface area contributed by atoms with Gasteiger partial charge in [0.15, 0.2) is 5.69 Å². The normalized spacial score (nSPS) is 27.1. The molecule has 2 aliphatic heterocycles. The van der Waals surface area contributed by atoms with Gasteiger partial charge in [0.25, 0.3) is 5.91 Å². The Labute approximate surface area is 195 Å². The van der Waals surface area contributed by atoms with Crippen molar-refractivity contribution in [3.8, 4) is 0 Å². The monoisotopic (exact) mass is 470 g/mol. The Morgan fingerprint density at radius 3 is 2.59 bits per heavy atom. The first-order valence-corrected chi connectivity index (χ1v) is 13.9. The van der Waals surface area contributed by atoms with Crippen LogP contribution in [0.3, 0.4) is 0 Å². The molecule has 0 bridgehead atoms. The fourth-order valence-corrected chi connectivity index (χ4v) is 7.41. The summed E-state index contributed by atoms with van der Waals surface area (Å²) in [5.41, 5.74) is 0.343. The summed E-state index contributed by atoms with van der Waals surface area (Å²) in [5.74, 6) is 2.53. The number of hydrogen-bond acceptors (Lipinski definition) is 7. The van der Waals surface area contributed by atoms with Crippen molar-refractivity contribution in [3.63, 3.8) is 0 Å². The van der Waals surface area contributed by atoms with E-state index in [9.17, 15) is 13.9 Å². The van der Waals surface area contributed by atoms with Gasteiger partial charge in [-0.1, -0.05) is 19.0 Å². The number of carbonyl (C=O) groups is 1. The lowest BCUT2D eigenvalue weighted by Gasteiger charge is -2.51. The van der Waals surface area contributed by atoms with E-state index < -0.39 is 10.8 Å². The van der Waals surface area contributed by atoms with Crippen LogP contribution in [0.5, 0.6) is 0 Å². The molecule has 2 saturated heterocycles. The fourth-order valence-electron chi connectivity index (χ4n) is 5.20. The summed E-state index contributed by atoms with van der Waals surface area (Å²) < 4.78 is 29.2. The highest BCUT2D eigenvalue weighted by molar-refractivity contribution is 8.22. The minimum absolute atomic E-state index is 0. The number of carbonyl (C=O) groups excluding carboxylic acids is 1. The Balaban J connectivity index is 0.00000306. The number of aromatic nitrogens is 1. The molecule has 3 aliphatic rings. The minimum Gasteiger partial charge on any atom is -0.360 e. The molecule has 3 N–H and O–H groups in total. The second-order valence-corrected chi connectivity index (χ2v) is 12.6. The largest absolute Gasteiger partial charge is 0.360 e. The lowest BCUT2D eigenvalue weighted by atomic mass is 9.98. The van der Waals surface area contributed by atoms with Crippen molar-refractivity contribution in [1.29, 1.82) is 0 Å². The molecule has 0 aromatic carbocycles. The van der Waals surface area contributed by atoms with Gasteiger partial charge >= 0.3 is 0 Å². The summed E-state index contributed by atoms with van der Waals surface area (Å²) in [5, 5.41) is 6.99. The third-order valence-electron chi connectivity index (χ3n) is 7.06. The van der Waals surface area contributed by atoms with E-state index in [0.717, 1.165) is 51.1 Å². The molecule has 3 fully saturated rings. The Morgan fingerprint density at radius 1 is 1.25 bits per heavy atom. The maximum Gasteiger partial charge on any atom is 0.273 e. The van der Waals surface area contributed by atoms with E-state index in [2.05, 4.69) is 29.2 Å². The summed E-state index contributed by atoms with van der Waals surface area (Å²) in [6.45, 7) is 10.3. The molecule has 1 saturated carbocycles. The third-order valence-corrected chi connectivity index (χ3v) is 9.27. The molecule has 1 aliphatic carbocycles. The zero-order chi connectivity index (χ0) is 22.9. The topological polar surface area (TPSA) is 102 Å². The van der Waals surface area contributed by atoms with Crippen LogP contribution >= 0.6 is 10.8 Å². The lowest BCUT2D eigenvalue weighted by Crippen LogP contribution is -2.50. The molecule has 32 heavy (non-hydrogen) atoms. The zero-order valence-corrected chi connectivity index (χ0v) is 20.5. The Kier molecular flexibility index (Phi) is 7.51. The SMILES string of the molecule is CC(C)CN1CCC(CS(O)(O)N2CC[C@@H](NC(=O)c3cc(C4CC4)on3)C[C@H]2C)CC1.[HH]. The summed E-state index contributed by atoms with van der Waals surface area (Å²) in [6, 6.07) is 1.76. The van der Waals surface area contributed by atoms with E-state index in [1.165, 1.54) is 0 Å². The number of piperidine rings is 2. The van der Waals surface area contributed by atoms with Crippen LogP contribution in [0.1, 0.15) is 82.9 Å². The van der Waals surface area contributed by atoms with Crippen LogP contribution in [-0.4, -0.2) is 73.4 Å². The first kappa shape index (κ1) is 24.0. The number of nitrogens with zero attached hydrogens (tertiary/aromatic N) is 3. The maximum atomic E-state index is 12.6. The second-order valence-electron chi connectivity index (χ2n) is 10.5. The number of amides is 1. The average molecular weight is 471 g/mol. The van der Waals surface area contributed by atoms with Gasteiger partial charge in [-0.05, 0) is 70.4 Å². The summed E-state index contributed by atoms with van der Waals surface area (Å²) in [4.78, 5) is 15.1. The van der Waals surface area contributed by atoms with Gasteiger partial charge in [-0.25, -0.2) is 4.31 Å². The van der Waals surface area contributed by atoms with Gasteiger partial charge in [0.05, 0.1) is 5.75 Å². The second kappa shape index (κ2) is 10.0. The average Bonchev–Trinajstić information content (AvgIpc) is 3.45. The van der Waals surface area contributed by atoms with Crippen LogP contribution in [-0.2, 0) is 0 Å². The molecule has 184 valence electrons. The predicted molar refractivity (Wildman–Crippen MR) is 129 cm³/mol. The smallest absolute Gasteiger partial charge is 0.273 e. The molecule has 8 nitrogen and oxygen atoms in total. The molecule has 1 aromatic heterocycles. The molecule has 0 unspecified atom stereocenters. The Morgan fingerprint density at radius 2 is 1.97 bits per heavy atom. The van der Waals surface area contributed by atoms with Crippen molar-refractivity contribution in [2.24, 2.45) is 11.8 Å². The summed E-state index contributed by atoms with van der Waals surface area (Å²) in [7, 11) is -2.80. The van der Waals surface area contributed by atoms with Gasteiger partial charge in [0.1, 0.15) is 5.76 Å². The van der Waals surface area contributed by atoms with Crippen LogP contribution in [0.25, 0.3) is 0 Å². The van der Waals surface area contributed by atoms with Crippen molar-refractivity contribution >= 4 is 16.7 Å². The van der Waals surface area contributed by atoms with Crippen LogP contribution in [0.15, 0.2) is 10.6 Å². The van der Waals surface area contributed by atoms with Gasteiger partial charge in [0, 0.05) is 38.6 Å². The molecule has 9 heteroatoms. The van der Waals surface area contributed by atoms with Crippen LogP contribution < -0.4 is 5.32 Å². The van der Waals surface area contributed by atoms with Crippen LogP contribution in [0.2, 0.25) is 0 Å². The van der Waals surface area contributed by atoms with Gasteiger partial charge in [-0.3, -0.25) is 13.9 Å². The predicted octanol–water partition coefficient (Wildman–Crippen LogP) is 4.41. The van der Waals surface area contributed by atoms with E-state index >= 15 is 0 Å². The molecular weight excluding hydrogens is 428 g/mol. The minimum atomic E-state index is -2.80. The quantitative estimate of drug-likeness (QED) is 0.517. The van der Waals surface area contributed by atoms with Crippen molar-refractivity contribution < 1.29 is 19.8 Å². The van der Waals surface area contributed by atoms with Crippen molar-refractivity contribution in [1.82, 2.24) is 19.7 Å². The number of nitrogens with one attached hydrogen (secondary N) is 1. The highest BCUT2D eigenvalue weighted by Crippen LogP contribution is 2.49. The number of rotatable bonds is 8. The molecule has 3 heterocycles. The Bertz CT molecular complexity index is 780. The molecule has 1 aromatic rings. The van der Waals surface area contributed by atoms with Crippen LogP contribution in [0.4, 0.5) is 0 Å². The van der Waals surface area contributed by atoms with Crippen LogP contribution in [0, 0.1) is 11.8 Å². The van der Waals surface area contributed by atoms with Crippen molar-refractivity contribution in [2.75, 3.05) is 31.9 Å². The first-order valence-electron chi connectivity index (χ1n) is 12.2. The highest BCUT2D eigenvalue weighted by Gasteiger charge is 2.37. The van der Waals surface area contributed by atoms with Crippen molar-refractivity contribution in [3.05, 3.63) is 17.5 Å². The zero-order valence-electron chi connectivity index (χ0n) is 19.7. The lowest BCUT2D eigenvalue weighted by molar-refractivity contribution is 0.0902. The molecule has 4 rings (SSSR count). The Hall–Kier alpha value is -1.13. The molecule has 0 spiro atoms. The third kappa shape index (κ3) is 6.05.